The van der Waals surface area contributed by atoms with Crippen LogP contribution < -0.4 is 10.6 Å². The van der Waals surface area contributed by atoms with Crippen molar-refractivity contribution in [1.29, 1.82) is 0 Å². The fraction of sp³-hybridized carbons (Fsp3) is 0.200. The molecular weight excluding hydrogens is 504 g/mol. The monoisotopic (exact) mass is 526 g/mol. The number of benzene rings is 3. The van der Waals surface area contributed by atoms with Crippen molar-refractivity contribution in [3.63, 3.8) is 0 Å². The van der Waals surface area contributed by atoms with E-state index in [1.54, 1.807) is 0 Å². The third kappa shape index (κ3) is 6.90. The van der Waals surface area contributed by atoms with Crippen molar-refractivity contribution in [2.24, 2.45) is 0 Å². The van der Waals surface area contributed by atoms with Gasteiger partial charge in [0, 0.05) is 23.9 Å². The van der Waals surface area contributed by atoms with Gasteiger partial charge in [-0.1, -0.05) is 48.3 Å². The second-order valence-corrected chi connectivity index (χ2v) is 8.12. The number of anilines is 1. The summed E-state index contributed by atoms with van der Waals surface area (Å²) >= 11 is 12.4. The van der Waals surface area contributed by atoms with Crippen molar-refractivity contribution >= 4 is 40.8 Å². The summed E-state index contributed by atoms with van der Waals surface area (Å²) in [6.07, 6.45) is 0.895. The Morgan fingerprint density at radius 3 is 2.06 bits per heavy atom. The van der Waals surface area contributed by atoms with Crippen molar-refractivity contribution in [2.45, 2.75) is 20.3 Å². The lowest BCUT2D eigenvalue weighted by atomic mass is 9.95. The molecule has 3 aromatic carbocycles. The highest BCUT2D eigenvalue weighted by Crippen LogP contribution is 2.41. The van der Waals surface area contributed by atoms with Gasteiger partial charge in [0.1, 0.15) is 29.6 Å². The van der Waals surface area contributed by atoms with E-state index in [0.29, 0.717) is 15.6 Å². The SMILES string of the molecule is CCc1c(C)ccc(-c2c(Cl)cc(F)cc2Cl)c1NC.O=C(O)CNC(=O)c1c(F)cccc1F. The van der Waals surface area contributed by atoms with Gasteiger partial charge in [0.25, 0.3) is 5.91 Å². The van der Waals surface area contributed by atoms with E-state index in [2.05, 4.69) is 19.2 Å². The Kier molecular flexibility index (Phi) is 9.98. The van der Waals surface area contributed by atoms with Gasteiger partial charge in [-0.05, 0) is 48.7 Å². The number of hydrogen-bond donors (Lipinski definition) is 3. The molecule has 3 aromatic rings. The lowest BCUT2D eigenvalue weighted by Gasteiger charge is -2.18. The molecule has 5 nitrogen and oxygen atoms in total. The average molecular weight is 527 g/mol. The number of hydrogen-bond acceptors (Lipinski definition) is 3. The molecule has 186 valence electrons. The van der Waals surface area contributed by atoms with Crippen LogP contribution in [0.2, 0.25) is 10.0 Å². The molecule has 0 heterocycles. The summed E-state index contributed by atoms with van der Waals surface area (Å²) in [5.74, 6) is -4.87. The van der Waals surface area contributed by atoms with E-state index in [0.717, 1.165) is 35.9 Å². The Bertz CT molecular complexity index is 1210. The van der Waals surface area contributed by atoms with E-state index in [1.165, 1.54) is 23.3 Å². The van der Waals surface area contributed by atoms with Crippen LogP contribution in [0.5, 0.6) is 0 Å². The Balaban J connectivity index is 0.000000258. The minimum atomic E-state index is -1.29. The Morgan fingerprint density at radius 1 is 1.00 bits per heavy atom. The van der Waals surface area contributed by atoms with Crippen molar-refractivity contribution < 1.29 is 27.9 Å². The third-order valence-electron chi connectivity index (χ3n) is 5.02. The minimum Gasteiger partial charge on any atom is -0.480 e. The van der Waals surface area contributed by atoms with Crippen molar-refractivity contribution in [3.05, 3.63) is 86.7 Å². The molecule has 3 rings (SSSR count). The average Bonchev–Trinajstić information content (AvgIpc) is 2.78. The van der Waals surface area contributed by atoms with Crippen LogP contribution in [0.1, 0.15) is 28.4 Å². The van der Waals surface area contributed by atoms with E-state index in [1.807, 2.05) is 24.5 Å². The largest absolute Gasteiger partial charge is 0.480 e. The maximum absolute atomic E-state index is 13.3. The lowest BCUT2D eigenvalue weighted by Crippen LogP contribution is -2.30. The number of carboxylic acids is 1. The zero-order chi connectivity index (χ0) is 26.3. The van der Waals surface area contributed by atoms with Gasteiger partial charge in [-0.25, -0.2) is 13.2 Å². The first kappa shape index (κ1) is 28.0. The van der Waals surface area contributed by atoms with E-state index in [9.17, 15) is 22.8 Å². The first-order valence-corrected chi connectivity index (χ1v) is 11.2. The molecular formula is C25H23Cl2F3N2O3. The number of halogens is 5. The molecule has 0 aliphatic rings. The van der Waals surface area contributed by atoms with E-state index < -0.39 is 41.4 Å². The molecule has 0 aliphatic carbocycles. The standard InChI is InChI=1S/C16H16Cl2FN.C9H7F2NO3/c1-4-11-9(2)5-6-12(16(11)20-3)15-13(17)7-10(19)8-14(15)18;10-5-2-1-3-6(11)8(5)9(15)12-4-7(13)14/h5-8,20H,4H2,1-3H3;1-3H,4H2,(H,12,15)(H,13,14). The molecule has 0 radical (unpaired) electrons. The maximum atomic E-state index is 13.3. The molecule has 0 spiro atoms. The highest BCUT2D eigenvalue weighted by atomic mass is 35.5. The van der Waals surface area contributed by atoms with E-state index in [4.69, 9.17) is 28.3 Å². The molecule has 0 atom stereocenters. The van der Waals surface area contributed by atoms with Crippen molar-refractivity contribution in [2.75, 3.05) is 18.9 Å². The highest BCUT2D eigenvalue weighted by Gasteiger charge is 2.18. The smallest absolute Gasteiger partial charge is 0.322 e. The molecule has 0 aliphatic heterocycles. The molecule has 0 unspecified atom stereocenters. The summed E-state index contributed by atoms with van der Waals surface area (Å²) < 4.78 is 39.3. The predicted molar refractivity (Wildman–Crippen MR) is 132 cm³/mol. The van der Waals surface area contributed by atoms with E-state index >= 15 is 0 Å². The Morgan fingerprint density at radius 2 is 1.57 bits per heavy atom. The van der Waals surface area contributed by atoms with Crippen molar-refractivity contribution in [1.82, 2.24) is 5.32 Å². The molecule has 10 heteroatoms. The molecule has 0 fully saturated rings. The third-order valence-corrected chi connectivity index (χ3v) is 5.61. The normalized spacial score (nSPS) is 10.3. The summed E-state index contributed by atoms with van der Waals surface area (Å²) in [6.45, 7) is 3.48. The fourth-order valence-electron chi connectivity index (χ4n) is 3.46. The summed E-state index contributed by atoms with van der Waals surface area (Å²) in [7, 11) is 1.86. The molecule has 35 heavy (non-hydrogen) atoms. The predicted octanol–water partition coefficient (Wildman–Crippen LogP) is 6.49. The van der Waals surface area contributed by atoms with Crippen LogP contribution in [0.4, 0.5) is 18.9 Å². The highest BCUT2D eigenvalue weighted by molar-refractivity contribution is 6.39. The van der Waals surface area contributed by atoms with Gasteiger partial charge in [-0.15, -0.1) is 0 Å². The van der Waals surface area contributed by atoms with Gasteiger partial charge < -0.3 is 15.7 Å². The number of carbonyl (C=O) groups is 2. The zero-order valence-corrected chi connectivity index (χ0v) is 20.6. The number of aliphatic carboxylic acids is 1. The van der Waals surface area contributed by atoms with Crippen molar-refractivity contribution in [3.8, 4) is 11.1 Å². The first-order chi connectivity index (χ1) is 16.5. The first-order valence-electron chi connectivity index (χ1n) is 10.4. The quantitative estimate of drug-likeness (QED) is 0.343. The summed E-state index contributed by atoms with van der Waals surface area (Å²) in [6, 6.07) is 9.51. The fourth-order valence-corrected chi connectivity index (χ4v) is 4.12. The van der Waals surface area contributed by atoms with Crippen LogP contribution in [0.15, 0.2) is 42.5 Å². The molecule has 0 bridgehead atoms. The maximum Gasteiger partial charge on any atom is 0.322 e. The van der Waals surface area contributed by atoms with Gasteiger partial charge in [0.2, 0.25) is 0 Å². The summed E-state index contributed by atoms with van der Waals surface area (Å²) in [5.41, 5.74) is 4.18. The van der Waals surface area contributed by atoms with Gasteiger partial charge in [0.05, 0.1) is 10.0 Å². The van der Waals surface area contributed by atoms with Crippen LogP contribution in [-0.4, -0.2) is 30.6 Å². The molecule has 0 saturated carbocycles. The summed E-state index contributed by atoms with van der Waals surface area (Å²) in [5, 5.41) is 14.0. The molecule has 0 saturated heterocycles. The van der Waals surface area contributed by atoms with Crippen LogP contribution in [0.25, 0.3) is 11.1 Å². The lowest BCUT2D eigenvalue weighted by molar-refractivity contribution is -0.135. The Hall–Kier alpha value is -3.23. The molecule has 1 amide bonds. The number of rotatable bonds is 6. The number of aryl methyl sites for hydroxylation is 1. The topological polar surface area (TPSA) is 78.4 Å². The number of amides is 1. The van der Waals surface area contributed by atoms with E-state index in [-0.39, 0.29) is 0 Å². The number of carboxylic acid groups (broad SMARTS) is 1. The number of nitrogens with one attached hydrogen (secondary N) is 2. The van der Waals surface area contributed by atoms with Crippen LogP contribution in [0, 0.1) is 24.4 Å². The van der Waals surface area contributed by atoms with Gasteiger partial charge in [-0.3, -0.25) is 9.59 Å². The Labute approximate surface area is 210 Å². The number of carbonyl (C=O) groups excluding carboxylic acids is 1. The minimum absolute atomic E-state index is 0.317. The second-order valence-electron chi connectivity index (χ2n) is 7.30. The second kappa shape index (κ2) is 12.5. The zero-order valence-electron chi connectivity index (χ0n) is 19.1. The van der Waals surface area contributed by atoms with Crippen LogP contribution in [-0.2, 0) is 11.2 Å². The van der Waals surface area contributed by atoms with Gasteiger partial charge in [-0.2, -0.15) is 0 Å². The van der Waals surface area contributed by atoms with Crippen LogP contribution >= 0.6 is 23.2 Å². The van der Waals surface area contributed by atoms with Crippen LogP contribution in [0.3, 0.4) is 0 Å². The summed E-state index contributed by atoms with van der Waals surface area (Å²) in [4.78, 5) is 21.2. The molecule has 0 aromatic heterocycles. The molecule has 3 N–H and O–H groups in total. The van der Waals surface area contributed by atoms with Gasteiger partial charge in [0.15, 0.2) is 0 Å². The van der Waals surface area contributed by atoms with Gasteiger partial charge >= 0.3 is 5.97 Å².